The zero-order valence-electron chi connectivity index (χ0n) is 49.5. The molecule has 0 heterocycles. The van der Waals surface area contributed by atoms with E-state index in [4.69, 9.17) is 33.2 Å². The number of aliphatic hydroxyl groups excluding tert-OH is 1. The fourth-order valence-electron chi connectivity index (χ4n) is 8.68. The van der Waals surface area contributed by atoms with Gasteiger partial charge in [0.1, 0.15) is 19.8 Å². The number of rotatable bonds is 56. The van der Waals surface area contributed by atoms with Crippen molar-refractivity contribution < 1.29 is 62.2 Å². The van der Waals surface area contributed by atoms with Crippen molar-refractivity contribution in [3.8, 4) is 0 Å². The zero-order chi connectivity index (χ0) is 56.0. The normalized spacial score (nSPS) is 13.3. The standard InChI is InChI=1S/C63H114O13/c1-7-13-19-23-27-35-47-70-60(71-48-36-28-24-20-14-8-2)46-45-59(67)76-54-63(51-64,52-74-57(65)43-33-25-29-37-49-72-61(68)55(39-17-11-5)41-31-21-15-9-3)53-75-58(66)44-34-26-30-38-50-73-62(69)56(40-18-12-6)42-32-22-16-10-4/h13-14,19-20,55-56,60,64H,7-12,15-18,21-54H2,1-6H3/b19-13-,20-14-. The van der Waals surface area contributed by atoms with Gasteiger partial charge in [-0.2, -0.15) is 0 Å². The van der Waals surface area contributed by atoms with Gasteiger partial charge in [0.15, 0.2) is 6.29 Å². The Kier molecular flexibility index (Phi) is 51.4. The van der Waals surface area contributed by atoms with E-state index in [1.54, 1.807) is 0 Å². The van der Waals surface area contributed by atoms with Crippen molar-refractivity contribution in [3.05, 3.63) is 24.3 Å². The molecule has 444 valence electrons. The largest absolute Gasteiger partial charge is 0.465 e. The van der Waals surface area contributed by atoms with Crippen LogP contribution in [-0.2, 0) is 57.1 Å². The first-order valence-corrected chi connectivity index (χ1v) is 31.0. The van der Waals surface area contributed by atoms with E-state index in [9.17, 15) is 29.1 Å². The summed E-state index contributed by atoms with van der Waals surface area (Å²) in [7, 11) is 0. The molecule has 0 amide bonds. The Bertz CT molecular complexity index is 1360. The molecule has 0 aliphatic heterocycles. The molecule has 0 spiro atoms. The lowest BCUT2D eigenvalue weighted by molar-refractivity contribution is -0.169. The van der Waals surface area contributed by atoms with Crippen LogP contribution in [0.5, 0.6) is 0 Å². The molecule has 0 radical (unpaired) electrons. The number of hydrogen-bond acceptors (Lipinski definition) is 13. The number of carbonyl (C=O) groups is 5. The van der Waals surface area contributed by atoms with E-state index in [0.717, 1.165) is 167 Å². The summed E-state index contributed by atoms with van der Waals surface area (Å²) in [5, 5.41) is 10.8. The van der Waals surface area contributed by atoms with Gasteiger partial charge in [-0.15, -0.1) is 0 Å². The molecule has 0 rings (SSSR count). The summed E-state index contributed by atoms with van der Waals surface area (Å²) in [5.41, 5.74) is -1.38. The number of unbranched alkanes of at least 4 members (excludes halogenated alkanes) is 18. The second-order valence-electron chi connectivity index (χ2n) is 21.1. The summed E-state index contributed by atoms with van der Waals surface area (Å²) in [6.07, 6.45) is 38.7. The van der Waals surface area contributed by atoms with E-state index < -0.39 is 36.2 Å². The molecular weight excluding hydrogens is 965 g/mol. The lowest BCUT2D eigenvalue weighted by Gasteiger charge is -2.30. The van der Waals surface area contributed by atoms with Crippen molar-refractivity contribution >= 4 is 29.8 Å². The van der Waals surface area contributed by atoms with Gasteiger partial charge >= 0.3 is 29.8 Å². The Morgan fingerprint density at radius 3 is 1.14 bits per heavy atom. The molecule has 0 bridgehead atoms. The topological polar surface area (TPSA) is 170 Å². The number of hydrogen-bond donors (Lipinski definition) is 1. The number of carbonyl (C=O) groups excluding carboxylic acids is 5. The summed E-state index contributed by atoms with van der Waals surface area (Å²) >= 11 is 0. The van der Waals surface area contributed by atoms with Crippen LogP contribution in [0, 0.1) is 17.3 Å². The fraction of sp³-hybridized carbons (Fsp3) is 0.857. The molecule has 0 saturated carbocycles. The average Bonchev–Trinajstić information content (AvgIpc) is 3.42. The van der Waals surface area contributed by atoms with E-state index in [-0.39, 0.29) is 69.3 Å². The monoisotopic (exact) mass is 1080 g/mol. The van der Waals surface area contributed by atoms with Crippen molar-refractivity contribution in [3.63, 3.8) is 0 Å². The second-order valence-corrected chi connectivity index (χ2v) is 21.1. The maximum atomic E-state index is 13.3. The van der Waals surface area contributed by atoms with Gasteiger partial charge in [-0.25, -0.2) is 0 Å². The minimum atomic E-state index is -1.38. The van der Waals surface area contributed by atoms with Crippen LogP contribution >= 0.6 is 0 Å². The van der Waals surface area contributed by atoms with Crippen molar-refractivity contribution in [2.75, 3.05) is 52.9 Å². The summed E-state index contributed by atoms with van der Waals surface area (Å²) in [6, 6.07) is 0. The van der Waals surface area contributed by atoms with Gasteiger partial charge < -0.3 is 38.3 Å². The molecule has 0 aliphatic carbocycles. The predicted octanol–water partition coefficient (Wildman–Crippen LogP) is 15.5. The molecule has 2 unspecified atom stereocenters. The maximum Gasteiger partial charge on any atom is 0.308 e. The van der Waals surface area contributed by atoms with E-state index in [0.29, 0.717) is 52.1 Å². The minimum Gasteiger partial charge on any atom is -0.465 e. The van der Waals surface area contributed by atoms with Gasteiger partial charge in [0.25, 0.3) is 0 Å². The van der Waals surface area contributed by atoms with Gasteiger partial charge in [-0.3, -0.25) is 24.0 Å². The van der Waals surface area contributed by atoms with Gasteiger partial charge in [-0.05, 0) is 103 Å². The lowest BCUT2D eigenvalue weighted by atomic mass is 9.92. The summed E-state index contributed by atoms with van der Waals surface area (Å²) in [5.74, 6) is -1.75. The SMILES string of the molecule is CC/C=C\CCCCOC(CCC(=O)OCC(CO)(COC(=O)CCCCCCOC(=O)C(CCCC)CCCCCC)COC(=O)CCCCCCOC(=O)C(CCCC)CCCCCC)OCCCC/C=C\CC. The average molecular weight is 1080 g/mol. The molecule has 1 N–H and O–H groups in total. The van der Waals surface area contributed by atoms with E-state index >= 15 is 0 Å². The minimum absolute atomic E-state index is 0.000398. The van der Waals surface area contributed by atoms with Gasteiger partial charge in [0, 0.05) is 32.5 Å². The van der Waals surface area contributed by atoms with E-state index in [1.165, 1.54) is 12.8 Å². The van der Waals surface area contributed by atoms with Crippen molar-refractivity contribution in [1.82, 2.24) is 0 Å². The first-order valence-electron chi connectivity index (χ1n) is 31.0. The number of aliphatic hydroxyl groups is 1. The summed E-state index contributed by atoms with van der Waals surface area (Å²) in [6.45, 7) is 13.1. The number of ether oxygens (including phenoxy) is 7. The Hall–Kier alpha value is -3.29. The molecule has 0 aliphatic rings. The van der Waals surface area contributed by atoms with Crippen molar-refractivity contribution in [2.45, 2.75) is 279 Å². The number of esters is 5. The first-order chi connectivity index (χ1) is 37.0. The highest BCUT2D eigenvalue weighted by Gasteiger charge is 2.36. The Labute approximate surface area is 463 Å². The summed E-state index contributed by atoms with van der Waals surface area (Å²) < 4.78 is 40.6. The van der Waals surface area contributed by atoms with Gasteiger partial charge in [0.2, 0.25) is 0 Å². The van der Waals surface area contributed by atoms with Crippen molar-refractivity contribution in [1.29, 1.82) is 0 Å². The van der Waals surface area contributed by atoms with Crippen LogP contribution in [0.15, 0.2) is 24.3 Å². The van der Waals surface area contributed by atoms with Gasteiger partial charge in [0.05, 0.1) is 43.5 Å². The molecular formula is C63H114O13. The Balaban J connectivity index is 5.42. The molecule has 13 heteroatoms. The van der Waals surface area contributed by atoms with Crippen LogP contribution in [0.4, 0.5) is 0 Å². The molecule has 0 fully saturated rings. The van der Waals surface area contributed by atoms with Crippen LogP contribution < -0.4 is 0 Å². The maximum absolute atomic E-state index is 13.3. The van der Waals surface area contributed by atoms with Crippen molar-refractivity contribution in [2.24, 2.45) is 17.3 Å². The molecule has 0 saturated heterocycles. The molecule has 0 aromatic heterocycles. The van der Waals surface area contributed by atoms with Crippen LogP contribution in [-0.4, -0.2) is 94.1 Å². The molecule has 13 nitrogen and oxygen atoms in total. The molecule has 2 atom stereocenters. The third-order valence-corrected chi connectivity index (χ3v) is 13.8. The Morgan fingerprint density at radius 1 is 0.382 bits per heavy atom. The second kappa shape index (κ2) is 53.7. The molecule has 0 aromatic carbocycles. The number of allylic oxidation sites excluding steroid dienone is 4. The van der Waals surface area contributed by atoms with Gasteiger partial charge in [-0.1, -0.05) is 169 Å². The highest BCUT2D eigenvalue weighted by Crippen LogP contribution is 2.24. The third-order valence-electron chi connectivity index (χ3n) is 13.8. The van der Waals surface area contributed by atoms with E-state index in [2.05, 4.69) is 65.8 Å². The highest BCUT2D eigenvalue weighted by atomic mass is 16.7. The smallest absolute Gasteiger partial charge is 0.308 e. The molecule has 76 heavy (non-hydrogen) atoms. The highest BCUT2D eigenvalue weighted by molar-refractivity contribution is 5.73. The first kappa shape index (κ1) is 72.7. The molecule has 0 aromatic rings. The van der Waals surface area contributed by atoms with Crippen LogP contribution in [0.2, 0.25) is 0 Å². The van der Waals surface area contributed by atoms with E-state index in [1.807, 2.05) is 0 Å². The van der Waals surface area contributed by atoms with Crippen LogP contribution in [0.25, 0.3) is 0 Å². The third kappa shape index (κ3) is 43.7. The quantitative estimate of drug-likeness (QED) is 0.0201. The van der Waals surface area contributed by atoms with Crippen LogP contribution in [0.1, 0.15) is 273 Å². The lowest BCUT2D eigenvalue weighted by Crippen LogP contribution is -2.42. The van der Waals surface area contributed by atoms with Crippen LogP contribution in [0.3, 0.4) is 0 Å². The Morgan fingerprint density at radius 2 is 0.750 bits per heavy atom. The zero-order valence-corrected chi connectivity index (χ0v) is 49.5. The predicted molar refractivity (Wildman–Crippen MR) is 306 cm³/mol. The fourth-order valence-corrected chi connectivity index (χ4v) is 8.68. The summed E-state index contributed by atoms with van der Waals surface area (Å²) in [4.78, 5) is 65.1.